The van der Waals surface area contributed by atoms with Gasteiger partial charge in [0.1, 0.15) is 0 Å². The minimum absolute atomic E-state index is 0.171. The van der Waals surface area contributed by atoms with Gasteiger partial charge in [-0.1, -0.05) is 28.9 Å². The Morgan fingerprint density at radius 2 is 2.20 bits per heavy atom. The second-order valence-electron chi connectivity index (χ2n) is 4.31. The highest BCUT2D eigenvalue weighted by Gasteiger charge is 2.11. The van der Waals surface area contributed by atoms with Crippen LogP contribution in [0, 0.1) is 0 Å². The summed E-state index contributed by atoms with van der Waals surface area (Å²) >= 11 is 3.38. The predicted molar refractivity (Wildman–Crippen MR) is 85.1 cm³/mol. The van der Waals surface area contributed by atoms with Gasteiger partial charge in [-0.2, -0.15) is 0 Å². The largest absolute Gasteiger partial charge is 0.384 e. The first-order valence-electron chi connectivity index (χ1n) is 6.45. The third kappa shape index (κ3) is 3.81. The fourth-order valence-electron chi connectivity index (χ4n) is 1.75. The first-order valence-corrected chi connectivity index (χ1v) is 7.25. The molecule has 20 heavy (non-hydrogen) atoms. The lowest BCUT2D eigenvalue weighted by Crippen LogP contribution is -2.15. The van der Waals surface area contributed by atoms with Crippen molar-refractivity contribution in [2.75, 3.05) is 17.2 Å². The number of hydrogen-bond acceptors (Lipinski definition) is 3. The number of hydrogen-bond donors (Lipinski definition) is 2. The van der Waals surface area contributed by atoms with Crippen LogP contribution in [0.5, 0.6) is 0 Å². The van der Waals surface area contributed by atoms with E-state index < -0.39 is 0 Å². The molecular formula is C15H16BrN3O. The van der Waals surface area contributed by atoms with E-state index in [-0.39, 0.29) is 5.91 Å². The van der Waals surface area contributed by atoms with Crippen LogP contribution in [0.4, 0.5) is 11.4 Å². The summed E-state index contributed by atoms with van der Waals surface area (Å²) in [6, 6.07) is 9.30. The average molecular weight is 334 g/mol. The standard InChI is InChI=1S/C15H16BrN3O/c1-2-7-18-14-6-8-17-10-13(14)15(20)19-12-5-3-4-11(16)9-12/h3-6,8-10H,2,7H2,1H3,(H,17,18)(H,19,20). The van der Waals surface area contributed by atoms with Crippen molar-refractivity contribution in [1.82, 2.24) is 4.98 Å². The Morgan fingerprint density at radius 3 is 2.95 bits per heavy atom. The van der Waals surface area contributed by atoms with Gasteiger partial charge in [-0.25, -0.2) is 0 Å². The van der Waals surface area contributed by atoms with Crippen molar-refractivity contribution in [2.24, 2.45) is 0 Å². The van der Waals surface area contributed by atoms with Gasteiger partial charge in [0.25, 0.3) is 5.91 Å². The highest BCUT2D eigenvalue weighted by Crippen LogP contribution is 2.19. The Kier molecular flexibility index (Phi) is 5.12. The summed E-state index contributed by atoms with van der Waals surface area (Å²) in [6.07, 6.45) is 4.24. The topological polar surface area (TPSA) is 54.0 Å². The van der Waals surface area contributed by atoms with Gasteiger partial charge < -0.3 is 10.6 Å². The molecule has 2 N–H and O–H groups in total. The second kappa shape index (κ2) is 7.05. The molecule has 104 valence electrons. The van der Waals surface area contributed by atoms with Crippen molar-refractivity contribution >= 4 is 33.2 Å². The van der Waals surface area contributed by atoms with Crippen LogP contribution in [0.3, 0.4) is 0 Å². The zero-order chi connectivity index (χ0) is 14.4. The molecule has 0 saturated heterocycles. The van der Waals surface area contributed by atoms with Gasteiger partial charge in [0.2, 0.25) is 0 Å². The lowest BCUT2D eigenvalue weighted by molar-refractivity contribution is 0.102. The van der Waals surface area contributed by atoms with Crippen LogP contribution in [0.15, 0.2) is 47.2 Å². The summed E-state index contributed by atoms with van der Waals surface area (Å²) in [6.45, 7) is 2.90. The van der Waals surface area contributed by atoms with Crippen molar-refractivity contribution < 1.29 is 4.79 Å². The Balaban J connectivity index is 2.16. The molecule has 0 aliphatic heterocycles. The summed E-state index contributed by atoms with van der Waals surface area (Å²) in [5, 5.41) is 6.10. The van der Waals surface area contributed by atoms with E-state index in [1.165, 1.54) is 0 Å². The van der Waals surface area contributed by atoms with Crippen LogP contribution in [0.1, 0.15) is 23.7 Å². The van der Waals surface area contributed by atoms with E-state index in [1.807, 2.05) is 30.3 Å². The first kappa shape index (κ1) is 14.5. The van der Waals surface area contributed by atoms with E-state index in [0.29, 0.717) is 5.56 Å². The van der Waals surface area contributed by atoms with Crippen molar-refractivity contribution in [3.63, 3.8) is 0 Å². The minimum atomic E-state index is -0.171. The Bertz CT molecular complexity index is 601. The monoisotopic (exact) mass is 333 g/mol. The molecule has 5 heteroatoms. The lowest BCUT2D eigenvalue weighted by Gasteiger charge is -2.11. The number of nitrogens with one attached hydrogen (secondary N) is 2. The third-order valence-corrected chi connectivity index (χ3v) is 3.21. The molecule has 0 radical (unpaired) electrons. The number of nitrogens with zero attached hydrogens (tertiary/aromatic N) is 1. The van der Waals surface area contributed by atoms with E-state index in [1.54, 1.807) is 12.4 Å². The van der Waals surface area contributed by atoms with Crippen molar-refractivity contribution in [3.05, 3.63) is 52.8 Å². The summed E-state index contributed by atoms with van der Waals surface area (Å²) < 4.78 is 0.922. The molecule has 1 amide bonds. The molecule has 0 fully saturated rings. The van der Waals surface area contributed by atoms with Gasteiger partial charge >= 0.3 is 0 Å². The number of halogens is 1. The fraction of sp³-hybridized carbons (Fsp3) is 0.200. The maximum absolute atomic E-state index is 12.3. The van der Waals surface area contributed by atoms with Crippen LogP contribution >= 0.6 is 15.9 Å². The molecule has 0 bridgehead atoms. The van der Waals surface area contributed by atoms with Gasteiger partial charge in [-0.3, -0.25) is 9.78 Å². The Labute approximate surface area is 126 Å². The molecule has 0 aliphatic carbocycles. The highest BCUT2D eigenvalue weighted by atomic mass is 79.9. The van der Waals surface area contributed by atoms with Gasteiger partial charge in [-0.15, -0.1) is 0 Å². The SMILES string of the molecule is CCCNc1ccncc1C(=O)Nc1cccc(Br)c1. The minimum Gasteiger partial charge on any atom is -0.384 e. The summed E-state index contributed by atoms with van der Waals surface area (Å²) in [5.74, 6) is -0.171. The molecule has 0 aliphatic rings. The summed E-state index contributed by atoms with van der Waals surface area (Å²) in [4.78, 5) is 16.3. The van der Waals surface area contributed by atoms with E-state index in [0.717, 1.165) is 28.8 Å². The van der Waals surface area contributed by atoms with Crippen LogP contribution in [-0.4, -0.2) is 17.4 Å². The van der Waals surface area contributed by atoms with Gasteiger partial charge in [0, 0.05) is 29.1 Å². The predicted octanol–water partition coefficient (Wildman–Crippen LogP) is 3.92. The molecule has 0 saturated carbocycles. The molecule has 1 aromatic heterocycles. The quantitative estimate of drug-likeness (QED) is 0.871. The maximum atomic E-state index is 12.3. The number of carbonyl (C=O) groups is 1. The smallest absolute Gasteiger partial charge is 0.259 e. The second-order valence-corrected chi connectivity index (χ2v) is 5.23. The van der Waals surface area contributed by atoms with Crippen LogP contribution < -0.4 is 10.6 Å². The lowest BCUT2D eigenvalue weighted by atomic mass is 10.2. The zero-order valence-electron chi connectivity index (χ0n) is 11.2. The Morgan fingerprint density at radius 1 is 1.35 bits per heavy atom. The van der Waals surface area contributed by atoms with Crippen LogP contribution in [0.2, 0.25) is 0 Å². The summed E-state index contributed by atoms with van der Waals surface area (Å²) in [5.41, 5.74) is 2.09. The van der Waals surface area contributed by atoms with Crippen LogP contribution in [-0.2, 0) is 0 Å². The number of aromatic nitrogens is 1. The zero-order valence-corrected chi connectivity index (χ0v) is 12.8. The summed E-state index contributed by atoms with van der Waals surface area (Å²) in [7, 11) is 0. The van der Waals surface area contributed by atoms with Crippen molar-refractivity contribution in [1.29, 1.82) is 0 Å². The van der Waals surface area contributed by atoms with Crippen LogP contribution in [0.25, 0.3) is 0 Å². The van der Waals surface area contributed by atoms with Gasteiger partial charge in [0.05, 0.1) is 11.3 Å². The van der Waals surface area contributed by atoms with E-state index in [2.05, 4.69) is 38.5 Å². The molecule has 0 atom stereocenters. The molecule has 0 unspecified atom stereocenters. The third-order valence-electron chi connectivity index (χ3n) is 2.71. The molecular weight excluding hydrogens is 318 g/mol. The first-order chi connectivity index (χ1) is 9.70. The van der Waals surface area contributed by atoms with Gasteiger partial charge in [-0.05, 0) is 30.7 Å². The normalized spacial score (nSPS) is 10.1. The van der Waals surface area contributed by atoms with E-state index in [4.69, 9.17) is 0 Å². The average Bonchev–Trinajstić information content (AvgIpc) is 2.45. The highest BCUT2D eigenvalue weighted by molar-refractivity contribution is 9.10. The maximum Gasteiger partial charge on any atom is 0.259 e. The molecule has 2 aromatic rings. The fourth-order valence-corrected chi connectivity index (χ4v) is 2.15. The van der Waals surface area contributed by atoms with Crippen molar-refractivity contribution in [2.45, 2.75) is 13.3 Å². The molecule has 1 heterocycles. The number of pyridine rings is 1. The number of benzene rings is 1. The number of rotatable bonds is 5. The number of amides is 1. The Hall–Kier alpha value is -1.88. The van der Waals surface area contributed by atoms with E-state index in [9.17, 15) is 4.79 Å². The molecule has 2 rings (SSSR count). The number of anilines is 2. The van der Waals surface area contributed by atoms with Crippen molar-refractivity contribution in [3.8, 4) is 0 Å². The molecule has 1 aromatic carbocycles. The van der Waals surface area contributed by atoms with E-state index >= 15 is 0 Å². The molecule has 0 spiro atoms. The number of carbonyl (C=O) groups excluding carboxylic acids is 1. The molecule has 4 nitrogen and oxygen atoms in total. The van der Waals surface area contributed by atoms with Gasteiger partial charge in [0.15, 0.2) is 0 Å².